The predicted molar refractivity (Wildman–Crippen MR) is 74.8 cm³/mol. The number of hydrogen-bond acceptors (Lipinski definition) is 4. The second-order valence-corrected chi connectivity index (χ2v) is 5.06. The van der Waals surface area contributed by atoms with Gasteiger partial charge in [-0.05, 0) is 24.9 Å². The van der Waals surface area contributed by atoms with Crippen LogP contribution in [-0.2, 0) is 9.53 Å². The van der Waals surface area contributed by atoms with E-state index in [-0.39, 0.29) is 30.5 Å². The van der Waals surface area contributed by atoms with Crippen molar-refractivity contribution in [1.29, 1.82) is 0 Å². The van der Waals surface area contributed by atoms with Gasteiger partial charge in [0.2, 0.25) is 5.91 Å². The second-order valence-electron chi connectivity index (χ2n) is 4.07. The zero-order chi connectivity index (χ0) is 12.0. The molecule has 0 aromatic heterocycles. The molecule has 0 saturated carbocycles. The summed E-state index contributed by atoms with van der Waals surface area (Å²) in [7, 11) is 0. The van der Waals surface area contributed by atoms with Crippen molar-refractivity contribution in [2.24, 2.45) is 5.73 Å². The molecular weight excluding hydrogens is 260 g/mol. The Labute approximate surface area is 114 Å². The minimum absolute atomic E-state index is 0. The highest BCUT2D eigenvalue weighted by atomic mass is 35.5. The van der Waals surface area contributed by atoms with E-state index in [9.17, 15) is 4.79 Å². The maximum Gasteiger partial charge on any atom is 0.239 e. The largest absolute Gasteiger partial charge is 0.375 e. The molecule has 6 heteroatoms. The highest BCUT2D eigenvalue weighted by Crippen LogP contribution is 2.10. The molecule has 0 spiro atoms. The van der Waals surface area contributed by atoms with Gasteiger partial charge in [-0.2, -0.15) is 11.8 Å². The Morgan fingerprint density at radius 2 is 2.35 bits per heavy atom. The van der Waals surface area contributed by atoms with Gasteiger partial charge in [-0.1, -0.05) is 6.92 Å². The summed E-state index contributed by atoms with van der Waals surface area (Å²) in [5.74, 6) is 1.02. The van der Waals surface area contributed by atoms with Crippen LogP contribution in [0.4, 0.5) is 0 Å². The van der Waals surface area contributed by atoms with E-state index in [0.717, 1.165) is 18.6 Å². The average molecular weight is 283 g/mol. The number of thioether (sulfide) groups is 1. The fraction of sp³-hybridized carbons (Fsp3) is 0.909. The van der Waals surface area contributed by atoms with Gasteiger partial charge in [0.1, 0.15) is 0 Å². The van der Waals surface area contributed by atoms with Gasteiger partial charge in [0.25, 0.3) is 0 Å². The Morgan fingerprint density at radius 1 is 1.65 bits per heavy atom. The Balaban J connectivity index is 0.00000256. The van der Waals surface area contributed by atoms with Crippen LogP contribution in [0.5, 0.6) is 0 Å². The molecule has 17 heavy (non-hydrogen) atoms. The first kappa shape index (κ1) is 17.0. The van der Waals surface area contributed by atoms with Crippen LogP contribution >= 0.6 is 24.2 Å². The van der Waals surface area contributed by atoms with Crippen LogP contribution in [0.2, 0.25) is 0 Å². The van der Waals surface area contributed by atoms with E-state index < -0.39 is 0 Å². The summed E-state index contributed by atoms with van der Waals surface area (Å²) in [4.78, 5) is 13.9. The summed E-state index contributed by atoms with van der Waals surface area (Å²) in [5.41, 5.74) is 5.88. The Bertz CT molecular complexity index is 232. The lowest BCUT2D eigenvalue weighted by atomic mass is 10.1. The Kier molecular flexibility index (Phi) is 9.04. The number of nitrogens with two attached hydrogens (primary N) is 1. The Hall–Kier alpha value is 0.0300. The van der Waals surface area contributed by atoms with Gasteiger partial charge in [-0.15, -0.1) is 12.4 Å². The van der Waals surface area contributed by atoms with E-state index in [1.807, 2.05) is 11.2 Å². The normalized spacial score (nSPS) is 21.8. The summed E-state index contributed by atoms with van der Waals surface area (Å²) in [6.07, 6.45) is 3.92. The molecule has 2 N–H and O–H groups in total. The summed E-state index contributed by atoms with van der Waals surface area (Å²) < 4.78 is 5.53. The van der Waals surface area contributed by atoms with Gasteiger partial charge < -0.3 is 15.4 Å². The molecule has 1 fully saturated rings. The van der Waals surface area contributed by atoms with Gasteiger partial charge >= 0.3 is 0 Å². The number of carbonyl (C=O) groups excluding carboxylic acids is 1. The number of rotatable bonds is 5. The highest BCUT2D eigenvalue weighted by molar-refractivity contribution is 7.98. The predicted octanol–water partition coefficient (Wildman–Crippen LogP) is 1.13. The summed E-state index contributed by atoms with van der Waals surface area (Å²) in [5, 5.41) is 0. The number of halogens is 1. The SMILES string of the molecule is CCC1CN(C(=O)[C@@H](N)CCSC)CCO1.Cl. The minimum atomic E-state index is -0.344. The molecule has 0 aliphatic carbocycles. The highest BCUT2D eigenvalue weighted by Gasteiger charge is 2.26. The van der Waals surface area contributed by atoms with Crippen LogP contribution in [0.1, 0.15) is 19.8 Å². The van der Waals surface area contributed by atoms with Crippen molar-refractivity contribution in [3.63, 3.8) is 0 Å². The van der Waals surface area contributed by atoms with Gasteiger partial charge in [0.05, 0.1) is 18.8 Å². The van der Waals surface area contributed by atoms with Crippen molar-refractivity contribution in [3.8, 4) is 0 Å². The third-order valence-electron chi connectivity index (χ3n) is 2.86. The van der Waals surface area contributed by atoms with Crippen molar-refractivity contribution in [2.45, 2.75) is 31.9 Å². The zero-order valence-corrected chi connectivity index (χ0v) is 12.2. The van der Waals surface area contributed by atoms with Crippen LogP contribution < -0.4 is 5.73 Å². The summed E-state index contributed by atoms with van der Waals surface area (Å²) >= 11 is 1.72. The van der Waals surface area contributed by atoms with Crippen LogP contribution in [0.3, 0.4) is 0 Å². The molecule has 0 aromatic carbocycles. The van der Waals surface area contributed by atoms with Crippen LogP contribution in [0.15, 0.2) is 0 Å². The average Bonchev–Trinajstić information content (AvgIpc) is 2.35. The molecule has 1 rings (SSSR count). The van der Waals surface area contributed by atoms with Gasteiger partial charge in [0, 0.05) is 13.1 Å². The van der Waals surface area contributed by atoms with Gasteiger partial charge in [-0.3, -0.25) is 4.79 Å². The summed E-state index contributed by atoms with van der Waals surface area (Å²) in [6, 6.07) is -0.344. The van der Waals surface area contributed by atoms with Gasteiger partial charge in [0.15, 0.2) is 0 Å². The van der Waals surface area contributed by atoms with Crippen molar-refractivity contribution < 1.29 is 9.53 Å². The standard InChI is InChI=1S/C11H22N2O2S.ClH/c1-3-9-8-13(5-6-15-9)11(14)10(12)4-7-16-2;/h9-10H,3-8,12H2,1-2H3;1H/t9?,10-;/m0./s1. The fourth-order valence-electron chi connectivity index (χ4n) is 1.77. The Morgan fingerprint density at radius 3 is 2.94 bits per heavy atom. The molecule has 1 aliphatic heterocycles. The van der Waals surface area contributed by atoms with Crippen molar-refractivity contribution >= 4 is 30.1 Å². The molecule has 2 atom stereocenters. The molecule has 0 bridgehead atoms. The number of ether oxygens (including phenoxy) is 1. The molecule has 4 nitrogen and oxygen atoms in total. The molecule has 0 radical (unpaired) electrons. The number of amides is 1. The second kappa shape index (κ2) is 9.03. The van der Waals surface area contributed by atoms with Crippen molar-refractivity contribution in [2.75, 3.05) is 31.7 Å². The zero-order valence-electron chi connectivity index (χ0n) is 10.6. The van der Waals surface area contributed by atoms with E-state index in [1.54, 1.807) is 11.8 Å². The first-order valence-electron chi connectivity index (χ1n) is 5.84. The van der Waals surface area contributed by atoms with Crippen molar-refractivity contribution in [1.82, 2.24) is 4.90 Å². The van der Waals surface area contributed by atoms with Crippen molar-refractivity contribution in [3.05, 3.63) is 0 Å². The first-order valence-corrected chi connectivity index (χ1v) is 7.23. The molecule has 1 saturated heterocycles. The molecule has 0 aromatic rings. The molecule has 1 heterocycles. The van der Waals surface area contributed by atoms with Crippen LogP contribution in [0.25, 0.3) is 0 Å². The van der Waals surface area contributed by atoms with E-state index in [0.29, 0.717) is 19.7 Å². The third-order valence-corrected chi connectivity index (χ3v) is 3.50. The third kappa shape index (κ3) is 5.46. The van der Waals surface area contributed by atoms with E-state index >= 15 is 0 Å². The van der Waals surface area contributed by atoms with E-state index in [4.69, 9.17) is 10.5 Å². The minimum Gasteiger partial charge on any atom is -0.375 e. The van der Waals surface area contributed by atoms with E-state index in [2.05, 4.69) is 6.92 Å². The fourth-order valence-corrected chi connectivity index (χ4v) is 2.26. The first-order chi connectivity index (χ1) is 7.69. The maximum absolute atomic E-state index is 12.0. The number of nitrogens with zero attached hydrogens (tertiary/aromatic N) is 1. The topological polar surface area (TPSA) is 55.6 Å². The number of carbonyl (C=O) groups is 1. The van der Waals surface area contributed by atoms with Gasteiger partial charge in [-0.25, -0.2) is 0 Å². The van der Waals surface area contributed by atoms with Crippen LogP contribution in [-0.4, -0.2) is 54.7 Å². The quantitative estimate of drug-likeness (QED) is 0.821. The summed E-state index contributed by atoms with van der Waals surface area (Å²) in [6.45, 7) is 4.09. The lowest BCUT2D eigenvalue weighted by molar-refractivity contribution is -0.140. The smallest absolute Gasteiger partial charge is 0.239 e. The lowest BCUT2D eigenvalue weighted by Crippen LogP contribution is -2.51. The monoisotopic (exact) mass is 282 g/mol. The molecular formula is C11H23ClN2O2S. The molecule has 102 valence electrons. The maximum atomic E-state index is 12.0. The number of hydrogen-bond donors (Lipinski definition) is 1. The molecule has 1 aliphatic rings. The lowest BCUT2D eigenvalue weighted by Gasteiger charge is -2.34. The number of morpholine rings is 1. The molecule has 1 amide bonds. The molecule has 1 unspecified atom stereocenters. The van der Waals surface area contributed by atoms with Crippen LogP contribution in [0, 0.1) is 0 Å². The van der Waals surface area contributed by atoms with E-state index in [1.165, 1.54) is 0 Å².